The van der Waals surface area contributed by atoms with Gasteiger partial charge in [0.25, 0.3) is 5.89 Å². The van der Waals surface area contributed by atoms with Gasteiger partial charge in [-0.05, 0) is 36.4 Å². The largest absolute Gasteiger partial charge is 0.496 e. The van der Waals surface area contributed by atoms with Gasteiger partial charge >= 0.3 is 5.97 Å². The number of carbonyl (C=O) groups is 1. The Morgan fingerprint density at radius 1 is 1.17 bits per heavy atom. The van der Waals surface area contributed by atoms with Crippen molar-refractivity contribution in [1.82, 2.24) is 10.1 Å². The molecule has 0 radical (unpaired) electrons. The van der Waals surface area contributed by atoms with E-state index in [4.69, 9.17) is 19.1 Å². The van der Waals surface area contributed by atoms with Crippen LogP contribution >= 0.6 is 0 Å². The highest BCUT2D eigenvalue weighted by molar-refractivity contribution is 5.68. The van der Waals surface area contributed by atoms with Gasteiger partial charge < -0.3 is 19.1 Å². The van der Waals surface area contributed by atoms with E-state index in [1.165, 1.54) is 0 Å². The van der Waals surface area contributed by atoms with Crippen molar-refractivity contribution in [3.8, 4) is 34.3 Å². The fourth-order valence-corrected chi connectivity index (χ4v) is 2.12. The molecule has 122 valence electrons. The lowest BCUT2D eigenvalue weighted by molar-refractivity contribution is -0.139. The first kappa shape index (κ1) is 15.5. The van der Waals surface area contributed by atoms with Gasteiger partial charge in [-0.25, -0.2) is 4.79 Å². The van der Waals surface area contributed by atoms with Crippen molar-refractivity contribution in [2.45, 2.75) is 0 Å². The van der Waals surface area contributed by atoms with Gasteiger partial charge in [-0.1, -0.05) is 17.3 Å². The molecule has 0 aliphatic rings. The predicted molar refractivity (Wildman–Crippen MR) is 84.9 cm³/mol. The molecule has 0 aliphatic carbocycles. The van der Waals surface area contributed by atoms with E-state index in [0.717, 1.165) is 5.56 Å². The van der Waals surface area contributed by atoms with E-state index in [-0.39, 0.29) is 0 Å². The first-order valence-electron chi connectivity index (χ1n) is 7.09. The van der Waals surface area contributed by atoms with Crippen molar-refractivity contribution >= 4 is 5.97 Å². The maximum Gasteiger partial charge on any atom is 0.341 e. The molecule has 1 heterocycles. The minimum Gasteiger partial charge on any atom is -0.496 e. The van der Waals surface area contributed by atoms with Crippen LogP contribution in [0.25, 0.3) is 22.8 Å². The van der Waals surface area contributed by atoms with E-state index in [2.05, 4.69) is 10.1 Å². The minimum atomic E-state index is -1.03. The van der Waals surface area contributed by atoms with Gasteiger partial charge in [0.1, 0.15) is 11.5 Å². The van der Waals surface area contributed by atoms with Crippen LogP contribution in [-0.2, 0) is 4.79 Å². The van der Waals surface area contributed by atoms with Crippen molar-refractivity contribution in [2.24, 2.45) is 0 Å². The Morgan fingerprint density at radius 2 is 1.92 bits per heavy atom. The molecule has 0 amide bonds. The molecule has 3 aromatic rings. The van der Waals surface area contributed by atoms with Crippen molar-refractivity contribution in [2.75, 3.05) is 13.7 Å². The zero-order valence-electron chi connectivity index (χ0n) is 12.8. The smallest absolute Gasteiger partial charge is 0.341 e. The molecule has 2 aromatic carbocycles. The number of benzene rings is 2. The third-order valence-electron chi connectivity index (χ3n) is 3.24. The predicted octanol–water partition coefficient (Wildman–Crippen LogP) is 2.88. The average Bonchev–Trinajstić information content (AvgIpc) is 3.10. The second-order valence-electron chi connectivity index (χ2n) is 4.83. The van der Waals surface area contributed by atoms with Crippen LogP contribution in [0.1, 0.15) is 0 Å². The zero-order valence-corrected chi connectivity index (χ0v) is 12.8. The van der Waals surface area contributed by atoms with Gasteiger partial charge in [0.2, 0.25) is 5.82 Å². The van der Waals surface area contributed by atoms with Gasteiger partial charge in [0.15, 0.2) is 6.61 Å². The summed E-state index contributed by atoms with van der Waals surface area (Å²) in [6, 6.07) is 14.1. The van der Waals surface area contributed by atoms with Crippen LogP contribution in [0.2, 0.25) is 0 Å². The summed E-state index contributed by atoms with van der Waals surface area (Å²) in [6.07, 6.45) is 0. The number of nitrogens with zero attached hydrogens (tertiary/aromatic N) is 2. The lowest BCUT2D eigenvalue weighted by Crippen LogP contribution is -2.09. The van der Waals surface area contributed by atoms with Crippen molar-refractivity contribution in [3.05, 3.63) is 48.5 Å². The van der Waals surface area contributed by atoms with Crippen molar-refractivity contribution in [3.63, 3.8) is 0 Å². The highest BCUT2D eigenvalue weighted by atomic mass is 16.5. The number of rotatable bonds is 6. The molecular formula is C17H14N2O5. The van der Waals surface area contributed by atoms with Crippen LogP contribution in [0, 0.1) is 0 Å². The van der Waals surface area contributed by atoms with Crippen LogP contribution < -0.4 is 9.47 Å². The van der Waals surface area contributed by atoms with E-state index in [1.54, 1.807) is 31.4 Å². The number of carboxylic acid groups (broad SMARTS) is 1. The Kier molecular flexibility index (Phi) is 4.42. The molecule has 0 spiro atoms. The SMILES string of the molecule is COc1ccccc1-c1noc(-c2ccc(OCC(=O)O)cc2)n1. The number of aromatic nitrogens is 2. The Morgan fingerprint density at radius 3 is 2.62 bits per heavy atom. The monoisotopic (exact) mass is 326 g/mol. The maximum atomic E-state index is 10.5. The third-order valence-corrected chi connectivity index (χ3v) is 3.24. The summed E-state index contributed by atoms with van der Waals surface area (Å²) in [7, 11) is 1.58. The summed E-state index contributed by atoms with van der Waals surface area (Å²) in [5.74, 6) is 0.847. The molecule has 7 heteroatoms. The van der Waals surface area contributed by atoms with E-state index in [1.807, 2.05) is 24.3 Å². The number of hydrogen-bond acceptors (Lipinski definition) is 6. The molecule has 0 saturated carbocycles. The van der Waals surface area contributed by atoms with Crippen LogP contribution in [0.4, 0.5) is 0 Å². The summed E-state index contributed by atoms with van der Waals surface area (Å²) in [6.45, 7) is -0.391. The van der Waals surface area contributed by atoms with Crippen LogP contribution in [0.5, 0.6) is 11.5 Å². The van der Waals surface area contributed by atoms with Gasteiger partial charge in [0, 0.05) is 5.56 Å². The number of carboxylic acids is 1. The lowest BCUT2D eigenvalue weighted by atomic mass is 10.2. The highest BCUT2D eigenvalue weighted by Crippen LogP contribution is 2.29. The number of ether oxygens (including phenoxy) is 2. The molecule has 3 rings (SSSR count). The maximum absolute atomic E-state index is 10.5. The normalized spacial score (nSPS) is 10.4. The number of aliphatic carboxylic acids is 1. The van der Waals surface area contributed by atoms with Gasteiger partial charge in [-0.3, -0.25) is 0 Å². The third kappa shape index (κ3) is 3.35. The molecular weight excluding hydrogens is 312 g/mol. The second-order valence-corrected chi connectivity index (χ2v) is 4.83. The van der Waals surface area contributed by atoms with Crippen LogP contribution in [0.15, 0.2) is 53.1 Å². The topological polar surface area (TPSA) is 94.7 Å². The Hall–Kier alpha value is -3.35. The molecule has 1 aromatic heterocycles. The Balaban J connectivity index is 1.81. The number of methoxy groups -OCH3 is 1. The quantitative estimate of drug-likeness (QED) is 0.744. The first-order chi connectivity index (χ1) is 11.7. The van der Waals surface area contributed by atoms with E-state index < -0.39 is 12.6 Å². The van der Waals surface area contributed by atoms with E-state index >= 15 is 0 Å². The molecule has 0 bridgehead atoms. The summed E-state index contributed by atoms with van der Waals surface area (Å²) >= 11 is 0. The summed E-state index contributed by atoms with van der Waals surface area (Å²) in [5.41, 5.74) is 1.43. The molecule has 24 heavy (non-hydrogen) atoms. The number of hydrogen-bond donors (Lipinski definition) is 1. The summed E-state index contributed by atoms with van der Waals surface area (Å²) < 4.78 is 15.7. The summed E-state index contributed by atoms with van der Waals surface area (Å²) in [5, 5.41) is 12.6. The fraction of sp³-hybridized carbons (Fsp3) is 0.118. The number of para-hydroxylation sites is 1. The molecule has 0 aliphatic heterocycles. The molecule has 0 saturated heterocycles. The molecule has 0 unspecified atom stereocenters. The van der Waals surface area contributed by atoms with E-state index in [0.29, 0.717) is 28.8 Å². The molecule has 0 atom stereocenters. The first-order valence-corrected chi connectivity index (χ1v) is 7.09. The van der Waals surface area contributed by atoms with E-state index in [9.17, 15) is 4.79 Å². The Labute approximate surface area is 137 Å². The van der Waals surface area contributed by atoms with Crippen LogP contribution in [0.3, 0.4) is 0 Å². The fourth-order valence-electron chi connectivity index (χ4n) is 2.12. The minimum absolute atomic E-state index is 0.348. The average molecular weight is 326 g/mol. The lowest BCUT2D eigenvalue weighted by Gasteiger charge is -2.03. The molecule has 0 fully saturated rings. The van der Waals surface area contributed by atoms with Crippen LogP contribution in [-0.4, -0.2) is 34.9 Å². The van der Waals surface area contributed by atoms with Gasteiger partial charge in [-0.15, -0.1) is 0 Å². The van der Waals surface area contributed by atoms with Crippen molar-refractivity contribution in [1.29, 1.82) is 0 Å². The molecule has 1 N–H and O–H groups in total. The Bertz CT molecular complexity index is 842. The van der Waals surface area contributed by atoms with Gasteiger partial charge in [-0.2, -0.15) is 4.98 Å². The zero-order chi connectivity index (χ0) is 16.9. The highest BCUT2D eigenvalue weighted by Gasteiger charge is 2.14. The second kappa shape index (κ2) is 6.82. The summed E-state index contributed by atoms with van der Waals surface area (Å²) in [4.78, 5) is 14.9. The standard InChI is InChI=1S/C17H14N2O5/c1-22-14-5-3-2-4-13(14)16-18-17(24-19-16)11-6-8-12(9-7-11)23-10-15(20)21/h2-9H,10H2,1H3,(H,20,21). The van der Waals surface area contributed by atoms with Crippen molar-refractivity contribution < 1.29 is 23.9 Å². The van der Waals surface area contributed by atoms with Gasteiger partial charge in [0.05, 0.1) is 12.7 Å². The molecule has 7 nitrogen and oxygen atoms in total.